The van der Waals surface area contributed by atoms with Crippen molar-refractivity contribution in [3.05, 3.63) is 104 Å². The number of aryl methyl sites for hydroxylation is 4. The fourth-order valence-electron chi connectivity index (χ4n) is 3.62. The van der Waals surface area contributed by atoms with E-state index in [-0.39, 0.29) is 0 Å². The summed E-state index contributed by atoms with van der Waals surface area (Å²) in [6, 6.07) is 20.1. The Morgan fingerprint density at radius 1 is 0.593 bits per heavy atom. The van der Waals surface area contributed by atoms with Gasteiger partial charge in [0.2, 0.25) is 0 Å². The average Bonchev–Trinajstić information content (AvgIpc) is 2.66. The molecule has 0 spiro atoms. The number of rotatable bonds is 6. The molecule has 0 fully saturated rings. The van der Waals surface area contributed by atoms with Gasteiger partial charge >= 0.3 is 0 Å². The standard InChI is InChI=1S/C26H29Cl/c1-5-20-7-10-23(18(3)13-20)15-22-9-12-25(26(27)16-22)17-24-11-8-21(6-2)14-19(24)4/h7-14,16H,5-6,15,17H2,1-4H3. The summed E-state index contributed by atoms with van der Waals surface area (Å²) >= 11 is 6.64. The molecule has 1 heteroatoms. The lowest BCUT2D eigenvalue weighted by atomic mass is 9.95. The summed E-state index contributed by atoms with van der Waals surface area (Å²) in [4.78, 5) is 0. The molecule has 3 aromatic carbocycles. The highest BCUT2D eigenvalue weighted by molar-refractivity contribution is 6.31. The van der Waals surface area contributed by atoms with Gasteiger partial charge in [0.15, 0.2) is 0 Å². The highest BCUT2D eigenvalue weighted by atomic mass is 35.5. The second kappa shape index (κ2) is 8.76. The fourth-order valence-corrected chi connectivity index (χ4v) is 3.89. The van der Waals surface area contributed by atoms with Crippen molar-refractivity contribution in [2.45, 2.75) is 53.4 Å². The predicted molar refractivity (Wildman–Crippen MR) is 118 cm³/mol. The summed E-state index contributed by atoms with van der Waals surface area (Å²) in [5.41, 5.74) is 10.7. The maximum absolute atomic E-state index is 6.64. The van der Waals surface area contributed by atoms with E-state index in [1.807, 2.05) is 0 Å². The molecule has 0 aliphatic rings. The Hall–Kier alpha value is -2.05. The first-order chi connectivity index (χ1) is 13.0. The van der Waals surface area contributed by atoms with E-state index in [0.29, 0.717) is 0 Å². The molecule has 0 amide bonds. The van der Waals surface area contributed by atoms with Gasteiger partial charge in [0.05, 0.1) is 0 Å². The summed E-state index contributed by atoms with van der Waals surface area (Å²) in [6.07, 6.45) is 3.98. The van der Waals surface area contributed by atoms with Gasteiger partial charge in [0, 0.05) is 5.02 Å². The van der Waals surface area contributed by atoms with Crippen LogP contribution in [-0.2, 0) is 25.7 Å². The molecular formula is C26H29Cl. The molecule has 3 aromatic rings. The molecule has 0 aliphatic heterocycles. The van der Waals surface area contributed by atoms with Crippen LogP contribution in [0.25, 0.3) is 0 Å². The van der Waals surface area contributed by atoms with Crippen LogP contribution in [0.15, 0.2) is 54.6 Å². The number of hydrogen-bond acceptors (Lipinski definition) is 0. The third kappa shape index (κ3) is 4.82. The van der Waals surface area contributed by atoms with Crippen LogP contribution in [0.2, 0.25) is 5.02 Å². The number of benzene rings is 3. The first-order valence-corrected chi connectivity index (χ1v) is 10.3. The van der Waals surface area contributed by atoms with Gasteiger partial charge in [-0.2, -0.15) is 0 Å². The molecule has 0 radical (unpaired) electrons. The van der Waals surface area contributed by atoms with E-state index in [2.05, 4.69) is 82.3 Å². The van der Waals surface area contributed by atoms with E-state index in [1.165, 1.54) is 44.5 Å². The van der Waals surface area contributed by atoms with Crippen molar-refractivity contribution in [2.24, 2.45) is 0 Å². The maximum atomic E-state index is 6.64. The van der Waals surface area contributed by atoms with Gasteiger partial charge in [-0.3, -0.25) is 0 Å². The smallest absolute Gasteiger partial charge is 0.0444 e. The topological polar surface area (TPSA) is 0 Å². The Morgan fingerprint density at radius 2 is 1.07 bits per heavy atom. The summed E-state index contributed by atoms with van der Waals surface area (Å²) in [5, 5.41) is 0.870. The zero-order chi connectivity index (χ0) is 19.4. The zero-order valence-corrected chi connectivity index (χ0v) is 17.7. The highest BCUT2D eigenvalue weighted by Crippen LogP contribution is 2.25. The van der Waals surface area contributed by atoms with E-state index < -0.39 is 0 Å². The molecule has 0 aliphatic carbocycles. The molecule has 27 heavy (non-hydrogen) atoms. The molecule has 0 N–H and O–H groups in total. The average molecular weight is 377 g/mol. The molecule has 140 valence electrons. The first-order valence-electron chi connectivity index (χ1n) is 9.94. The lowest BCUT2D eigenvalue weighted by Crippen LogP contribution is -1.97. The predicted octanol–water partition coefficient (Wildman–Crippen LogP) is 7.26. The van der Waals surface area contributed by atoms with E-state index in [9.17, 15) is 0 Å². The van der Waals surface area contributed by atoms with Gasteiger partial charge in [0.1, 0.15) is 0 Å². The van der Waals surface area contributed by atoms with Gasteiger partial charge in [-0.25, -0.2) is 0 Å². The molecule has 3 rings (SSSR count). The quantitative estimate of drug-likeness (QED) is 0.424. The van der Waals surface area contributed by atoms with Gasteiger partial charge in [-0.1, -0.05) is 74.0 Å². The third-order valence-corrected chi connectivity index (χ3v) is 5.88. The monoisotopic (exact) mass is 376 g/mol. The Morgan fingerprint density at radius 3 is 1.56 bits per heavy atom. The van der Waals surface area contributed by atoms with Crippen LogP contribution in [0.5, 0.6) is 0 Å². The van der Waals surface area contributed by atoms with Crippen LogP contribution in [-0.4, -0.2) is 0 Å². The van der Waals surface area contributed by atoms with Crippen LogP contribution >= 0.6 is 11.6 Å². The first kappa shape index (κ1) is 19.7. The van der Waals surface area contributed by atoms with Crippen molar-refractivity contribution in [1.82, 2.24) is 0 Å². The van der Waals surface area contributed by atoms with Crippen molar-refractivity contribution < 1.29 is 0 Å². The van der Waals surface area contributed by atoms with E-state index in [1.54, 1.807) is 0 Å². The molecule has 0 atom stereocenters. The molecule has 0 saturated heterocycles. The van der Waals surface area contributed by atoms with Crippen molar-refractivity contribution in [2.75, 3.05) is 0 Å². The van der Waals surface area contributed by atoms with Crippen molar-refractivity contribution >= 4 is 11.6 Å². The van der Waals surface area contributed by atoms with Crippen LogP contribution in [0, 0.1) is 13.8 Å². The molecule has 0 unspecified atom stereocenters. The van der Waals surface area contributed by atoms with Crippen LogP contribution in [0.1, 0.15) is 58.4 Å². The van der Waals surface area contributed by atoms with E-state index in [0.717, 1.165) is 30.7 Å². The Kier molecular flexibility index (Phi) is 6.39. The largest absolute Gasteiger partial charge is 0.0840 e. The third-order valence-electron chi connectivity index (χ3n) is 5.52. The molecular weight excluding hydrogens is 348 g/mol. The number of hydrogen-bond donors (Lipinski definition) is 0. The summed E-state index contributed by atoms with van der Waals surface area (Å²) < 4.78 is 0. The lowest BCUT2D eigenvalue weighted by Gasteiger charge is -2.12. The summed E-state index contributed by atoms with van der Waals surface area (Å²) in [5.74, 6) is 0. The molecule has 0 bridgehead atoms. The maximum Gasteiger partial charge on any atom is 0.0444 e. The van der Waals surface area contributed by atoms with Crippen LogP contribution < -0.4 is 0 Å². The van der Waals surface area contributed by atoms with E-state index >= 15 is 0 Å². The second-order valence-corrected chi connectivity index (χ2v) is 7.92. The highest BCUT2D eigenvalue weighted by Gasteiger charge is 2.08. The minimum absolute atomic E-state index is 0.870. The van der Waals surface area contributed by atoms with Gasteiger partial charge in [-0.05, 0) is 90.1 Å². The zero-order valence-electron chi connectivity index (χ0n) is 16.9. The SMILES string of the molecule is CCc1ccc(Cc2ccc(Cc3ccc(CC)cc3C)c(Cl)c2)c(C)c1. The minimum Gasteiger partial charge on any atom is -0.0840 e. The minimum atomic E-state index is 0.870. The lowest BCUT2D eigenvalue weighted by molar-refractivity contribution is 1.08. The second-order valence-electron chi connectivity index (χ2n) is 7.51. The molecule has 0 saturated carbocycles. The van der Waals surface area contributed by atoms with Crippen molar-refractivity contribution in [3.63, 3.8) is 0 Å². The molecule has 0 aromatic heterocycles. The van der Waals surface area contributed by atoms with Crippen LogP contribution in [0.4, 0.5) is 0 Å². The Labute approximate surface area is 169 Å². The Balaban J connectivity index is 1.78. The summed E-state index contributed by atoms with van der Waals surface area (Å²) in [6.45, 7) is 8.79. The van der Waals surface area contributed by atoms with Crippen molar-refractivity contribution in [1.29, 1.82) is 0 Å². The van der Waals surface area contributed by atoms with E-state index in [4.69, 9.17) is 11.6 Å². The van der Waals surface area contributed by atoms with Gasteiger partial charge < -0.3 is 0 Å². The van der Waals surface area contributed by atoms with Crippen LogP contribution in [0.3, 0.4) is 0 Å². The Bertz CT molecular complexity index is 937. The van der Waals surface area contributed by atoms with Crippen molar-refractivity contribution in [3.8, 4) is 0 Å². The number of halogens is 1. The molecule has 0 heterocycles. The summed E-state index contributed by atoms with van der Waals surface area (Å²) in [7, 11) is 0. The van der Waals surface area contributed by atoms with Gasteiger partial charge in [-0.15, -0.1) is 0 Å². The van der Waals surface area contributed by atoms with Gasteiger partial charge in [0.25, 0.3) is 0 Å². The molecule has 0 nitrogen and oxygen atoms in total. The fraction of sp³-hybridized carbons (Fsp3) is 0.308. The normalized spacial score (nSPS) is 11.0.